The molecule has 1 N–H and O–H groups in total. The van der Waals surface area contributed by atoms with Crippen LogP contribution in [0, 0.1) is 0 Å². The number of aromatic nitrogens is 3. The van der Waals surface area contributed by atoms with Crippen LogP contribution in [0.1, 0.15) is 29.8 Å². The minimum atomic E-state index is -0.677. The van der Waals surface area contributed by atoms with Gasteiger partial charge in [-0.2, -0.15) is 0 Å². The van der Waals surface area contributed by atoms with Gasteiger partial charge < -0.3 is 9.72 Å². The molecular formula is C23H21N3O2. The summed E-state index contributed by atoms with van der Waals surface area (Å²) < 4.78 is 5.30. The van der Waals surface area contributed by atoms with Crippen molar-refractivity contribution in [3.63, 3.8) is 0 Å². The lowest BCUT2D eigenvalue weighted by atomic mass is 9.78. The number of carbonyl (C=O) groups excluding carboxylic acids is 1. The summed E-state index contributed by atoms with van der Waals surface area (Å²) in [6.45, 7) is 3.87. The van der Waals surface area contributed by atoms with Crippen molar-refractivity contribution in [2.75, 3.05) is 7.11 Å². The van der Waals surface area contributed by atoms with Gasteiger partial charge in [-0.05, 0) is 31.5 Å². The van der Waals surface area contributed by atoms with Gasteiger partial charge in [-0.1, -0.05) is 42.5 Å². The van der Waals surface area contributed by atoms with E-state index in [9.17, 15) is 4.79 Å². The molecule has 0 bridgehead atoms. The van der Waals surface area contributed by atoms with Crippen molar-refractivity contribution in [1.29, 1.82) is 0 Å². The van der Waals surface area contributed by atoms with Gasteiger partial charge in [0, 0.05) is 11.8 Å². The van der Waals surface area contributed by atoms with Crippen LogP contribution in [0.5, 0.6) is 5.75 Å². The zero-order valence-electron chi connectivity index (χ0n) is 16.1. The molecule has 2 heterocycles. The summed E-state index contributed by atoms with van der Waals surface area (Å²) in [6, 6.07) is 17.4. The molecule has 28 heavy (non-hydrogen) atoms. The van der Waals surface area contributed by atoms with Crippen LogP contribution in [0.25, 0.3) is 22.4 Å². The second kappa shape index (κ2) is 6.93. The van der Waals surface area contributed by atoms with Crippen LogP contribution in [-0.2, 0) is 5.41 Å². The van der Waals surface area contributed by atoms with E-state index < -0.39 is 5.41 Å². The number of benzene rings is 2. The molecule has 0 aliphatic carbocycles. The Morgan fingerprint density at radius 1 is 1.07 bits per heavy atom. The molecule has 0 spiro atoms. The van der Waals surface area contributed by atoms with Crippen molar-refractivity contribution in [2.24, 2.45) is 0 Å². The van der Waals surface area contributed by atoms with Crippen molar-refractivity contribution >= 4 is 16.9 Å². The number of ketones is 1. The molecule has 2 aromatic carbocycles. The van der Waals surface area contributed by atoms with Gasteiger partial charge in [0.15, 0.2) is 11.4 Å². The first kappa shape index (κ1) is 17.9. The lowest BCUT2D eigenvalue weighted by molar-refractivity contribution is 0.0910. The maximum Gasteiger partial charge on any atom is 0.176 e. The number of fused-ring (bicyclic) bond motifs is 1. The zero-order valence-corrected chi connectivity index (χ0v) is 16.1. The Morgan fingerprint density at radius 3 is 2.61 bits per heavy atom. The lowest BCUT2D eigenvalue weighted by Gasteiger charge is -2.23. The Morgan fingerprint density at radius 2 is 1.86 bits per heavy atom. The van der Waals surface area contributed by atoms with Crippen molar-refractivity contribution in [1.82, 2.24) is 15.0 Å². The van der Waals surface area contributed by atoms with Crippen molar-refractivity contribution < 1.29 is 9.53 Å². The number of nitrogens with one attached hydrogen (secondary N) is 1. The molecule has 0 unspecified atom stereocenters. The molecule has 0 atom stereocenters. The van der Waals surface area contributed by atoms with E-state index in [4.69, 9.17) is 9.72 Å². The Labute approximate surface area is 163 Å². The summed E-state index contributed by atoms with van der Waals surface area (Å²) in [5.74, 6) is 0.747. The van der Waals surface area contributed by atoms with Gasteiger partial charge in [-0.25, -0.2) is 9.97 Å². The highest BCUT2D eigenvalue weighted by Gasteiger charge is 2.32. The smallest absolute Gasteiger partial charge is 0.176 e. The molecule has 4 aromatic rings. The third-order valence-corrected chi connectivity index (χ3v) is 5.05. The summed E-state index contributed by atoms with van der Waals surface area (Å²) >= 11 is 0. The largest absolute Gasteiger partial charge is 0.497 e. The zero-order chi connectivity index (χ0) is 19.7. The first-order valence-corrected chi connectivity index (χ1v) is 9.09. The van der Waals surface area contributed by atoms with Crippen LogP contribution in [0.4, 0.5) is 0 Å². The molecule has 0 saturated heterocycles. The number of ether oxygens (including phenoxy) is 1. The molecule has 5 heteroatoms. The Kier molecular flexibility index (Phi) is 4.43. The number of H-pyrrole nitrogens is 1. The number of Topliss-reactive ketones (excluding diaryl/α,β-unsaturated/α-hetero) is 1. The van der Waals surface area contributed by atoms with Gasteiger partial charge in [-0.15, -0.1) is 0 Å². The number of rotatable bonds is 5. The summed E-state index contributed by atoms with van der Waals surface area (Å²) in [4.78, 5) is 25.7. The highest BCUT2D eigenvalue weighted by Crippen LogP contribution is 2.31. The van der Waals surface area contributed by atoms with E-state index in [0.717, 1.165) is 16.9 Å². The maximum absolute atomic E-state index is 13.4. The van der Waals surface area contributed by atoms with E-state index in [0.29, 0.717) is 22.4 Å². The van der Waals surface area contributed by atoms with Gasteiger partial charge in [0.2, 0.25) is 0 Å². The molecular weight excluding hydrogens is 350 g/mol. The van der Waals surface area contributed by atoms with Gasteiger partial charge >= 0.3 is 0 Å². The Bertz CT molecular complexity index is 1150. The predicted molar refractivity (Wildman–Crippen MR) is 110 cm³/mol. The van der Waals surface area contributed by atoms with Crippen molar-refractivity contribution in [3.8, 4) is 17.0 Å². The SMILES string of the molecule is COc1cccc(-c2cnc3[nH]cc(C(=O)C(C)(C)c4ccccc4)c3n2)c1. The maximum atomic E-state index is 13.4. The number of carbonyl (C=O) groups is 1. The van der Waals surface area contributed by atoms with E-state index >= 15 is 0 Å². The molecule has 140 valence electrons. The van der Waals surface area contributed by atoms with Crippen LogP contribution in [0.15, 0.2) is 67.0 Å². The first-order chi connectivity index (χ1) is 13.5. The quantitative estimate of drug-likeness (QED) is 0.512. The number of hydrogen-bond acceptors (Lipinski definition) is 4. The molecule has 0 radical (unpaired) electrons. The minimum Gasteiger partial charge on any atom is -0.497 e. The van der Waals surface area contributed by atoms with Crippen molar-refractivity contribution in [2.45, 2.75) is 19.3 Å². The summed E-state index contributed by atoms with van der Waals surface area (Å²) in [5.41, 5.74) is 3.58. The molecule has 2 aromatic heterocycles. The topological polar surface area (TPSA) is 67.9 Å². The summed E-state index contributed by atoms with van der Waals surface area (Å²) in [5, 5.41) is 0. The van der Waals surface area contributed by atoms with Crippen molar-refractivity contribution in [3.05, 3.63) is 78.1 Å². The van der Waals surface area contributed by atoms with Gasteiger partial charge in [0.1, 0.15) is 11.3 Å². The molecule has 0 amide bonds. The van der Waals surface area contributed by atoms with Gasteiger partial charge in [0.05, 0.1) is 30.0 Å². The van der Waals surface area contributed by atoms with E-state index in [-0.39, 0.29) is 5.78 Å². The minimum absolute atomic E-state index is 0.00189. The van der Waals surface area contributed by atoms with E-state index in [1.54, 1.807) is 19.5 Å². The fourth-order valence-corrected chi connectivity index (χ4v) is 3.31. The molecule has 0 aliphatic rings. The highest BCUT2D eigenvalue weighted by molar-refractivity contribution is 6.11. The van der Waals surface area contributed by atoms with E-state index in [2.05, 4.69) is 9.97 Å². The number of aromatic amines is 1. The van der Waals surface area contributed by atoms with Crippen LogP contribution in [0.3, 0.4) is 0 Å². The predicted octanol–water partition coefficient (Wildman–Crippen LogP) is 4.79. The average molecular weight is 371 g/mol. The van der Waals surface area contributed by atoms with Crippen LogP contribution in [-0.4, -0.2) is 27.8 Å². The molecule has 5 nitrogen and oxygen atoms in total. The summed E-state index contributed by atoms with van der Waals surface area (Å²) in [7, 11) is 1.63. The molecule has 0 aliphatic heterocycles. The molecule has 0 fully saturated rings. The van der Waals surface area contributed by atoms with Crippen LogP contribution >= 0.6 is 0 Å². The molecule has 0 saturated carbocycles. The van der Waals surface area contributed by atoms with Crippen LogP contribution in [0.2, 0.25) is 0 Å². The van der Waals surface area contributed by atoms with Gasteiger partial charge in [0.25, 0.3) is 0 Å². The van der Waals surface area contributed by atoms with Gasteiger partial charge in [-0.3, -0.25) is 4.79 Å². The first-order valence-electron chi connectivity index (χ1n) is 9.09. The van der Waals surface area contributed by atoms with E-state index in [1.807, 2.05) is 68.4 Å². The fourth-order valence-electron chi connectivity index (χ4n) is 3.31. The monoisotopic (exact) mass is 371 g/mol. The molecule has 4 rings (SSSR count). The second-order valence-corrected chi connectivity index (χ2v) is 7.21. The van der Waals surface area contributed by atoms with E-state index in [1.165, 1.54) is 0 Å². The standard InChI is InChI=1S/C23H21N3O2/c1-23(2,16-9-5-4-6-10-16)21(27)18-13-24-22-20(18)26-19(14-25-22)15-8-7-11-17(12-15)28-3/h4-14H,1-3H3,(H,24,25). The summed E-state index contributed by atoms with van der Waals surface area (Å²) in [6.07, 6.45) is 3.40. The lowest BCUT2D eigenvalue weighted by Crippen LogP contribution is -2.29. The Hall–Kier alpha value is -3.47. The number of methoxy groups -OCH3 is 1. The fraction of sp³-hybridized carbons (Fsp3) is 0.174. The number of hydrogen-bond donors (Lipinski definition) is 1. The second-order valence-electron chi connectivity index (χ2n) is 7.21. The normalized spacial score (nSPS) is 11.5. The highest BCUT2D eigenvalue weighted by atomic mass is 16.5. The van der Waals surface area contributed by atoms with Crippen LogP contribution < -0.4 is 4.74 Å². The number of nitrogens with zero attached hydrogens (tertiary/aromatic N) is 2. The Balaban J connectivity index is 1.79. The third kappa shape index (κ3) is 3.05. The third-order valence-electron chi connectivity index (χ3n) is 5.05. The average Bonchev–Trinajstić information content (AvgIpc) is 3.17.